The smallest absolute Gasteiger partial charge is 0.416 e. The third kappa shape index (κ3) is 6.73. The average molecular weight is 800 g/mol. The van der Waals surface area contributed by atoms with Crippen molar-refractivity contribution in [1.29, 1.82) is 0 Å². The number of halogens is 6. The Kier molecular flexibility index (Phi) is 9.85. The van der Waals surface area contributed by atoms with E-state index in [9.17, 15) is 32.7 Å². The fourth-order valence-electron chi connectivity index (χ4n) is 7.85. The summed E-state index contributed by atoms with van der Waals surface area (Å²) in [7, 11) is 3.40. The second-order valence-electron chi connectivity index (χ2n) is 14.5. The summed E-state index contributed by atoms with van der Waals surface area (Å²) in [4.78, 5) is 57.2. The number of carbonyl (C=O) groups is 2. The van der Waals surface area contributed by atoms with Crippen molar-refractivity contribution in [2.75, 3.05) is 32.5 Å². The maximum absolute atomic E-state index is 15.6. The summed E-state index contributed by atoms with van der Waals surface area (Å²) in [6, 6.07) is 5.18. The second kappa shape index (κ2) is 14.2. The molecule has 19 heteroatoms. The molecule has 1 aliphatic heterocycles. The molecule has 13 nitrogen and oxygen atoms in total. The van der Waals surface area contributed by atoms with Crippen LogP contribution in [-0.4, -0.2) is 83.0 Å². The van der Waals surface area contributed by atoms with E-state index in [-0.39, 0.29) is 76.1 Å². The summed E-state index contributed by atoms with van der Waals surface area (Å²) in [5, 5.41) is 17.0. The molecule has 1 spiro atoms. The van der Waals surface area contributed by atoms with Gasteiger partial charge >= 0.3 is 6.18 Å². The van der Waals surface area contributed by atoms with Gasteiger partial charge in [-0.3, -0.25) is 14.4 Å². The van der Waals surface area contributed by atoms with Crippen molar-refractivity contribution in [2.45, 2.75) is 63.7 Å². The predicted octanol–water partition coefficient (Wildman–Crippen LogP) is 5.69. The Labute approximate surface area is 320 Å². The number of aromatic nitrogens is 6. The molecule has 7 rings (SSSR count). The summed E-state index contributed by atoms with van der Waals surface area (Å²) in [6.45, 7) is 3.37. The molecule has 1 fully saturated rings. The topological polar surface area (TPSA) is 151 Å². The second-order valence-corrected chi connectivity index (χ2v) is 14.9. The number of alkyl halides is 3. The van der Waals surface area contributed by atoms with Crippen LogP contribution in [0.25, 0.3) is 17.2 Å². The van der Waals surface area contributed by atoms with Crippen LogP contribution in [0.4, 0.5) is 27.6 Å². The van der Waals surface area contributed by atoms with Gasteiger partial charge < -0.3 is 24.8 Å². The Morgan fingerprint density at radius 2 is 1.80 bits per heavy atom. The number of rotatable bonds is 7. The third-order valence-electron chi connectivity index (χ3n) is 10.5. The van der Waals surface area contributed by atoms with E-state index in [4.69, 9.17) is 11.6 Å². The summed E-state index contributed by atoms with van der Waals surface area (Å²) in [5.41, 5.74) is -1.90. The fourth-order valence-corrected chi connectivity index (χ4v) is 8.08. The van der Waals surface area contributed by atoms with E-state index in [1.54, 1.807) is 25.9 Å². The van der Waals surface area contributed by atoms with Crippen molar-refractivity contribution in [3.63, 3.8) is 0 Å². The zero-order valence-electron chi connectivity index (χ0n) is 30.5. The minimum Gasteiger partial charge on any atom is -0.504 e. The van der Waals surface area contributed by atoms with E-state index >= 15 is 8.78 Å². The summed E-state index contributed by atoms with van der Waals surface area (Å²) in [6.07, 6.45) is -2.42. The lowest BCUT2D eigenvalue weighted by atomic mass is 9.73. The standard InChI is InChI=1S/C37H35ClF5N9O4/c1-18-14-36(9-11-50(12-10-36)34(56)29-31(54)19(2)44-17-45-29)26-30(18)51(16-25(53)46-24-8-6-21(13-23(24)38)37(41,42)43)35-47-32(48-52(35)33(26)55)22-7-5-20(15-49(3)4)27(39)28(22)40/h5-8,13,17-18,54H,9-12,14-16H2,1-4H3,(H,46,53). The number of nitrogens with zero attached hydrogens (tertiary/aromatic N) is 8. The maximum Gasteiger partial charge on any atom is 0.416 e. The molecule has 294 valence electrons. The molecule has 56 heavy (non-hydrogen) atoms. The van der Waals surface area contributed by atoms with E-state index in [0.29, 0.717) is 36.6 Å². The first kappa shape index (κ1) is 38.8. The first-order valence-electron chi connectivity index (χ1n) is 17.5. The van der Waals surface area contributed by atoms with E-state index in [2.05, 4.69) is 25.4 Å². The highest BCUT2D eigenvalue weighted by Gasteiger charge is 2.49. The SMILES string of the molecule is Cc1ncnc(C(=O)N2CCC3(CC2)CC(C)c2c3c(=O)n3nc(-c4ccc(CN(C)C)c(F)c4F)nc3n2CC(=O)Nc2ccc(C(F)(F)F)cc2Cl)c1O. The lowest BCUT2D eigenvalue weighted by Gasteiger charge is -2.39. The number of hydrogen-bond donors (Lipinski definition) is 2. The molecule has 3 aromatic heterocycles. The number of fused-ring (bicyclic) bond motifs is 3. The molecule has 2 N–H and O–H groups in total. The van der Waals surface area contributed by atoms with Gasteiger partial charge in [-0.15, -0.1) is 5.10 Å². The van der Waals surface area contributed by atoms with Gasteiger partial charge in [0.15, 0.2) is 28.9 Å². The highest BCUT2D eigenvalue weighted by Crippen LogP contribution is 2.50. The fraction of sp³-hybridized carbons (Fsp3) is 0.378. The molecule has 5 aromatic rings. The molecule has 1 saturated heterocycles. The van der Waals surface area contributed by atoms with Gasteiger partial charge in [0.25, 0.3) is 11.5 Å². The Morgan fingerprint density at radius 1 is 1.09 bits per heavy atom. The van der Waals surface area contributed by atoms with Crippen molar-refractivity contribution < 1.29 is 36.6 Å². The van der Waals surface area contributed by atoms with E-state index < -0.39 is 52.7 Å². The van der Waals surface area contributed by atoms with E-state index in [1.165, 1.54) is 27.9 Å². The van der Waals surface area contributed by atoms with Crippen molar-refractivity contribution >= 4 is 34.9 Å². The lowest BCUT2D eigenvalue weighted by molar-refractivity contribution is -0.137. The van der Waals surface area contributed by atoms with Gasteiger partial charge in [-0.2, -0.15) is 22.7 Å². The molecule has 1 unspecified atom stereocenters. The molecule has 0 bridgehead atoms. The molecule has 0 saturated carbocycles. The molecule has 2 aromatic carbocycles. The van der Waals surface area contributed by atoms with Crippen LogP contribution in [0.5, 0.6) is 5.75 Å². The van der Waals surface area contributed by atoms with Crippen LogP contribution in [0.3, 0.4) is 0 Å². The van der Waals surface area contributed by atoms with Crippen molar-refractivity contribution in [3.8, 4) is 17.1 Å². The summed E-state index contributed by atoms with van der Waals surface area (Å²) < 4.78 is 73.1. The molecule has 2 aliphatic rings. The van der Waals surface area contributed by atoms with Crippen LogP contribution in [0.2, 0.25) is 5.02 Å². The number of nitrogens with one attached hydrogen (secondary N) is 1. The van der Waals surface area contributed by atoms with Crippen LogP contribution >= 0.6 is 11.6 Å². The lowest BCUT2D eigenvalue weighted by Crippen LogP contribution is -2.46. The largest absolute Gasteiger partial charge is 0.504 e. The minimum absolute atomic E-state index is 0.0859. The zero-order valence-corrected chi connectivity index (χ0v) is 31.3. The average Bonchev–Trinajstić information content (AvgIpc) is 3.70. The van der Waals surface area contributed by atoms with Gasteiger partial charge in [-0.1, -0.05) is 24.6 Å². The van der Waals surface area contributed by atoms with Gasteiger partial charge in [-0.25, -0.2) is 18.7 Å². The Balaban J connectivity index is 1.31. The highest BCUT2D eigenvalue weighted by molar-refractivity contribution is 6.33. The Hall–Kier alpha value is -5.49. The van der Waals surface area contributed by atoms with Crippen LogP contribution < -0.4 is 10.9 Å². The Morgan fingerprint density at radius 3 is 2.46 bits per heavy atom. The molecule has 1 aliphatic carbocycles. The molecular weight excluding hydrogens is 765 g/mol. The first-order chi connectivity index (χ1) is 26.4. The number of carbonyl (C=O) groups excluding carboxylic acids is 2. The molecular formula is C37H35ClF5N9O4. The van der Waals surface area contributed by atoms with Crippen LogP contribution in [0, 0.1) is 18.6 Å². The number of anilines is 1. The van der Waals surface area contributed by atoms with E-state index in [1.807, 2.05) is 6.92 Å². The van der Waals surface area contributed by atoms with Gasteiger partial charge in [-0.05, 0) is 70.5 Å². The summed E-state index contributed by atoms with van der Waals surface area (Å²) >= 11 is 6.13. The molecule has 1 atom stereocenters. The first-order valence-corrected chi connectivity index (χ1v) is 17.9. The zero-order chi connectivity index (χ0) is 40.4. The molecule has 4 heterocycles. The maximum atomic E-state index is 15.6. The van der Waals surface area contributed by atoms with Crippen molar-refractivity contribution in [3.05, 3.63) is 97.4 Å². The quantitative estimate of drug-likeness (QED) is 0.198. The van der Waals surface area contributed by atoms with Gasteiger partial charge in [0, 0.05) is 41.9 Å². The van der Waals surface area contributed by atoms with Crippen LogP contribution in [0.1, 0.15) is 70.7 Å². The van der Waals surface area contributed by atoms with Gasteiger partial charge in [0.1, 0.15) is 12.9 Å². The molecule has 0 radical (unpaired) electrons. The number of aromatic hydroxyl groups is 1. The summed E-state index contributed by atoms with van der Waals surface area (Å²) in [5.74, 6) is -4.74. The monoisotopic (exact) mass is 799 g/mol. The number of benzene rings is 2. The van der Waals surface area contributed by atoms with Crippen LogP contribution in [-0.2, 0) is 29.5 Å². The number of amides is 2. The van der Waals surface area contributed by atoms with E-state index in [0.717, 1.165) is 16.6 Å². The third-order valence-corrected chi connectivity index (χ3v) is 10.8. The minimum atomic E-state index is -4.67. The Bertz CT molecular complexity index is 2480. The van der Waals surface area contributed by atoms with Crippen molar-refractivity contribution in [1.82, 2.24) is 38.9 Å². The van der Waals surface area contributed by atoms with Gasteiger partial charge in [0.05, 0.1) is 27.5 Å². The normalized spacial score (nSPS) is 16.6. The number of likely N-dealkylation sites (tertiary alicyclic amines) is 1. The number of aryl methyl sites for hydroxylation is 1. The molecule has 2 amide bonds. The van der Waals surface area contributed by atoms with Gasteiger partial charge in [0.2, 0.25) is 11.7 Å². The predicted molar refractivity (Wildman–Crippen MR) is 193 cm³/mol. The van der Waals surface area contributed by atoms with Crippen LogP contribution in [0.15, 0.2) is 41.5 Å². The highest BCUT2D eigenvalue weighted by atomic mass is 35.5. The van der Waals surface area contributed by atoms with Crippen molar-refractivity contribution in [2.24, 2.45) is 0 Å². The number of piperidine rings is 1. The number of hydrogen-bond acceptors (Lipinski definition) is 9.